The molecule has 2 rings (SSSR count). The Bertz CT molecular complexity index is 569. The molecule has 0 aliphatic carbocycles. The highest BCUT2D eigenvalue weighted by atomic mass is 19.1. The van der Waals surface area contributed by atoms with Crippen LogP contribution in [0.4, 0.5) is 20.4 Å². The molecule has 0 spiro atoms. The maximum atomic E-state index is 13.5. The molecule has 0 saturated carbocycles. The number of aromatic nitrogens is 4. The lowest BCUT2D eigenvalue weighted by Gasteiger charge is -2.09. The van der Waals surface area contributed by atoms with Crippen LogP contribution in [0.25, 0.3) is 0 Å². The number of nitrogens with zero attached hydrogens (tertiary/aromatic N) is 4. The average Bonchev–Trinajstić information content (AvgIpc) is 2.85. The third kappa shape index (κ3) is 2.76. The molecule has 7 nitrogen and oxygen atoms in total. The van der Waals surface area contributed by atoms with E-state index in [4.69, 9.17) is 5.84 Å². The molecular formula is C10H13F2N7. The SMILES string of the molecule is CCn1cnnc1CNc1nc(NN)c(F)cc1F. The number of hydrogen-bond acceptors (Lipinski definition) is 6. The Labute approximate surface area is 107 Å². The van der Waals surface area contributed by atoms with Crippen molar-refractivity contribution in [2.24, 2.45) is 5.84 Å². The summed E-state index contributed by atoms with van der Waals surface area (Å²) in [6, 6.07) is 0.703. The zero-order valence-corrected chi connectivity index (χ0v) is 10.2. The fourth-order valence-electron chi connectivity index (χ4n) is 1.53. The Kier molecular flexibility index (Phi) is 3.85. The normalized spacial score (nSPS) is 10.5. The second-order valence-corrected chi connectivity index (χ2v) is 3.68. The molecule has 0 amide bonds. The minimum Gasteiger partial charge on any atom is -0.360 e. The van der Waals surface area contributed by atoms with Crippen molar-refractivity contribution in [3.05, 3.63) is 29.9 Å². The second kappa shape index (κ2) is 5.57. The third-order valence-electron chi connectivity index (χ3n) is 2.52. The van der Waals surface area contributed by atoms with Gasteiger partial charge in [0.05, 0.1) is 6.54 Å². The lowest BCUT2D eigenvalue weighted by atomic mass is 10.4. The van der Waals surface area contributed by atoms with E-state index >= 15 is 0 Å². The first kappa shape index (κ1) is 13.1. The third-order valence-corrected chi connectivity index (χ3v) is 2.52. The Morgan fingerprint density at radius 3 is 2.74 bits per heavy atom. The first-order chi connectivity index (χ1) is 9.15. The minimum atomic E-state index is -0.859. The molecule has 0 saturated heterocycles. The summed E-state index contributed by atoms with van der Waals surface area (Å²) < 4.78 is 28.5. The Balaban J connectivity index is 2.15. The topological polar surface area (TPSA) is 93.7 Å². The molecule has 102 valence electrons. The summed E-state index contributed by atoms with van der Waals surface area (Å²) in [6.45, 7) is 2.84. The van der Waals surface area contributed by atoms with Gasteiger partial charge in [-0.05, 0) is 6.92 Å². The highest BCUT2D eigenvalue weighted by Crippen LogP contribution is 2.18. The van der Waals surface area contributed by atoms with Gasteiger partial charge in [-0.1, -0.05) is 0 Å². The summed E-state index contributed by atoms with van der Waals surface area (Å²) in [5.41, 5.74) is 2.05. The lowest BCUT2D eigenvalue weighted by Crippen LogP contribution is -2.14. The van der Waals surface area contributed by atoms with Crippen LogP contribution in [-0.2, 0) is 13.1 Å². The number of hydrazine groups is 1. The van der Waals surface area contributed by atoms with Crippen molar-refractivity contribution >= 4 is 11.6 Å². The van der Waals surface area contributed by atoms with Crippen LogP contribution in [0.5, 0.6) is 0 Å². The van der Waals surface area contributed by atoms with E-state index in [1.54, 1.807) is 10.9 Å². The van der Waals surface area contributed by atoms with Crippen molar-refractivity contribution in [3.63, 3.8) is 0 Å². The van der Waals surface area contributed by atoms with E-state index in [0.717, 1.165) is 0 Å². The van der Waals surface area contributed by atoms with Crippen molar-refractivity contribution < 1.29 is 8.78 Å². The van der Waals surface area contributed by atoms with Gasteiger partial charge in [0.25, 0.3) is 0 Å². The molecule has 0 aliphatic heterocycles. The molecule has 0 aliphatic rings. The van der Waals surface area contributed by atoms with Crippen LogP contribution in [0.15, 0.2) is 12.4 Å². The van der Waals surface area contributed by atoms with Gasteiger partial charge in [0.15, 0.2) is 29.1 Å². The number of anilines is 2. The molecule has 9 heteroatoms. The quantitative estimate of drug-likeness (QED) is 0.551. The van der Waals surface area contributed by atoms with Crippen LogP contribution in [0.2, 0.25) is 0 Å². The van der Waals surface area contributed by atoms with Gasteiger partial charge in [0, 0.05) is 12.6 Å². The largest absolute Gasteiger partial charge is 0.360 e. The van der Waals surface area contributed by atoms with E-state index in [-0.39, 0.29) is 18.2 Å². The molecule has 0 aromatic carbocycles. The van der Waals surface area contributed by atoms with Crippen LogP contribution < -0.4 is 16.6 Å². The molecule has 2 heterocycles. The van der Waals surface area contributed by atoms with Gasteiger partial charge in [0.1, 0.15) is 6.33 Å². The molecule has 0 unspecified atom stereocenters. The fraction of sp³-hybridized carbons (Fsp3) is 0.300. The van der Waals surface area contributed by atoms with Gasteiger partial charge < -0.3 is 15.3 Å². The number of rotatable bonds is 5. The molecule has 0 fully saturated rings. The molecule has 0 bridgehead atoms. The van der Waals surface area contributed by atoms with E-state index < -0.39 is 11.6 Å². The van der Waals surface area contributed by atoms with Gasteiger partial charge in [-0.15, -0.1) is 10.2 Å². The van der Waals surface area contributed by atoms with Gasteiger partial charge in [-0.2, -0.15) is 0 Å². The van der Waals surface area contributed by atoms with Crippen LogP contribution in [0, 0.1) is 11.6 Å². The molecule has 2 aromatic heterocycles. The maximum absolute atomic E-state index is 13.5. The molecule has 2 aromatic rings. The van der Waals surface area contributed by atoms with E-state index in [0.29, 0.717) is 18.4 Å². The van der Waals surface area contributed by atoms with Crippen LogP contribution in [-0.4, -0.2) is 19.7 Å². The minimum absolute atomic E-state index is 0.111. The first-order valence-corrected chi connectivity index (χ1v) is 5.59. The summed E-state index contributed by atoms with van der Waals surface area (Å²) in [6.07, 6.45) is 1.57. The van der Waals surface area contributed by atoms with Crippen molar-refractivity contribution in [3.8, 4) is 0 Å². The standard InChI is InChI=1S/C10H13F2N7/c1-2-19-5-15-18-8(19)4-14-9-6(11)3-7(12)10(16-9)17-13/h3,5H,2,4,13H2,1H3,(H2,14,16,17). The number of nitrogens with two attached hydrogens (primary N) is 1. The van der Waals surface area contributed by atoms with Crippen molar-refractivity contribution in [1.82, 2.24) is 19.7 Å². The van der Waals surface area contributed by atoms with Gasteiger partial charge in [0.2, 0.25) is 0 Å². The molecule has 0 atom stereocenters. The Hall–Kier alpha value is -2.29. The number of nitrogens with one attached hydrogen (secondary N) is 2. The predicted molar refractivity (Wildman–Crippen MR) is 65.0 cm³/mol. The predicted octanol–water partition coefficient (Wildman–Crippen LogP) is 0.869. The number of aryl methyl sites for hydroxylation is 1. The zero-order chi connectivity index (χ0) is 13.8. The van der Waals surface area contributed by atoms with Gasteiger partial charge >= 0.3 is 0 Å². The Morgan fingerprint density at radius 1 is 1.32 bits per heavy atom. The smallest absolute Gasteiger partial charge is 0.178 e. The number of pyridine rings is 1. The van der Waals surface area contributed by atoms with Gasteiger partial charge in [-0.3, -0.25) is 0 Å². The maximum Gasteiger partial charge on any atom is 0.178 e. The van der Waals surface area contributed by atoms with E-state index in [1.807, 2.05) is 6.92 Å². The molecule has 0 radical (unpaired) electrons. The van der Waals surface area contributed by atoms with E-state index in [1.165, 1.54) is 0 Å². The summed E-state index contributed by atoms with van der Waals surface area (Å²) >= 11 is 0. The van der Waals surface area contributed by atoms with Crippen molar-refractivity contribution in [2.45, 2.75) is 20.0 Å². The highest BCUT2D eigenvalue weighted by Gasteiger charge is 2.12. The highest BCUT2D eigenvalue weighted by molar-refractivity contribution is 5.46. The van der Waals surface area contributed by atoms with E-state index in [2.05, 4.69) is 25.9 Å². The Morgan fingerprint density at radius 2 is 2.05 bits per heavy atom. The van der Waals surface area contributed by atoms with Crippen LogP contribution in [0.3, 0.4) is 0 Å². The molecule has 19 heavy (non-hydrogen) atoms. The van der Waals surface area contributed by atoms with Crippen LogP contribution in [0.1, 0.15) is 12.7 Å². The molecule has 4 N–H and O–H groups in total. The number of halogens is 2. The fourth-order valence-corrected chi connectivity index (χ4v) is 1.53. The van der Waals surface area contributed by atoms with Crippen LogP contribution >= 0.6 is 0 Å². The van der Waals surface area contributed by atoms with Crippen molar-refractivity contribution in [1.29, 1.82) is 0 Å². The molecular weight excluding hydrogens is 256 g/mol. The summed E-state index contributed by atoms with van der Waals surface area (Å²) in [4.78, 5) is 3.69. The summed E-state index contributed by atoms with van der Waals surface area (Å²) in [7, 11) is 0. The van der Waals surface area contributed by atoms with Gasteiger partial charge in [-0.25, -0.2) is 19.6 Å². The van der Waals surface area contributed by atoms with Crippen molar-refractivity contribution in [2.75, 3.05) is 10.7 Å². The average molecular weight is 269 g/mol. The first-order valence-electron chi connectivity index (χ1n) is 5.59. The second-order valence-electron chi connectivity index (χ2n) is 3.68. The monoisotopic (exact) mass is 269 g/mol. The number of hydrogen-bond donors (Lipinski definition) is 3. The number of nitrogen functional groups attached to an aromatic ring is 1. The summed E-state index contributed by atoms with van der Waals surface area (Å²) in [5.74, 6) is 3.69. The zero-order valence-electron chi connectivity index (χ0n) is 10.2. The summed E-state index contributed by atoms with van der Waals surface area (Å²) in [5, 5.41) is 10.3. The van der Waals surface area contributed by atoms with E-state index in [9.17, 15) is 8.78 Å². The lowest BCUT2D eigenvalue weighted by molar-refractivity contribution is 0.577.